The highest BCUT2D eigenvalue weighted by Crippen LogP contribution is 2.30. The van der Waals surface area contributed by atoms with Crippen molar-refractivity contribution in [2.24, 2.45) is 0 Å². The van der Waals surface area contributed by atoms with E-state index in [4.69, 9.17) is 5.73 Å². The summed E-state index contributed by atoms with van der Waals surface area (Å²) in [5.41, 5.74) is 10.2. The average molecular weight is 361 g/mol. The van der Waals surface area contributed by atoms with E-state index in [9.17, 15) is 4.79 Å². The Bertz CT molecular complexity index is 871. The molecule has 2 aromatic carbocycles. The number of nitrogens with two attached hydrogens (primary N) is 1. The molecule has 1 aromatic heterocycles. The highest BCUT2D eigenvalue weighted by atomic mass is 79.9. The zero-order valence-corrected chi connectivity index (χ0v) is 13.6. The fraction of sp³-hybridized carbons (Fsp3) is 0.133. The first-order valence-electron chi connectivity index (χ1n) is 6.51. The smallest absolute Gasteiger partial charge is 0.337 e. The van der Waals surface area contributed by atoms with E-state index >= 15 is 0 Å². The number of carbonyl (C=O) groups is 1. The minimum atomic E-state index is -0.378. The van der Waals surface area contributed by atoms with E-state index in [2.05, 4.69) is 30.9 Å². The summed E-state index contributed by atoms with van der Waals surface area (Å²) in [6.45, 7) is 1.92. The molecule has 0 saturated carbocycles. The quantitative estimate of drug-likeness (QED) is 0.561. The molecule has 0 aliphatic rings. The predicted molar refractivity (Wildman–Crippen MR) is 87.1 cm³/mol. The minimum Gasteiger partial charge on any atom is -0.465 e. The molecule has 0 aliphatic heterocycles. The molecule has 22 heavy (non-hydrogen) atoms. The maximum Gasteiger partial charge on any atom is 0.337 e. The number of methoxy groups -OCH3 is 1. The van der Waals surface area contributed by atoms with Crippen LogP contribution in [0.4, 0.5) is 5.69 Å². The molecule has 0 saturated heterocycles. The van der Waals surface area contributed by atoms with Gasteiger partial charge >= 0.3 is 5.97 Å². The fourth-order valence-corrected chi connectivity index (χ4v) is 2.71. The summed E-state index contributed by atoms with van der Waals surface area (Å²) in [6, 6.07) is 8.75. The summed E-state index contributed by atoms with van der Waals surface area (Å²) >= 11 is 3.46. The number of fused-ring (bicyclic) bond motifs is 1. The number of carbonyl (C=O) groups excluding carboxylic acids is 1. The van der Waals surface area contributed by atoms with Crippen molar-refractivity contribution in [3.8, 4) is 5.69 Å². The van der Waals surface area contributed by atoms with Gasteiger partial charge in [0.05, 0.1) is 28.5 Å². The van der Waals surface area contributed by atoms with E-state index in [1.165, 1.54) is 11.9 Å². The van der Waals surface area contributed by atoms with Gasteiger partial charge in [-0.3, -0.25) is 0 Å². The normalized spacial score (nSPS) is 10.9. The molecule has 3 aromatic rings. The number of nitrogen functional groups attached to an aromatic ring is 1. The second kappa shape index (κ2) is 5.42. The molecule has 3 rings (SSSR count). The average Bonchev–Trinajstić information content (AvgIpc) is 2.96. The van der Waals surface area contributed by atoms with Crippen LogP contribution in [0.5, 0.6) is 0 Å². The first-order chi connectivity index (χ1) is 10.5. The molecule has 0 bridgehead atoms. The van der Waals surface area contributed by atoms with Crippen molar-refractivity contribution in [3.05, 3.63) is 45.9 Å². The molecule has 112 valence electrons. The van der Waals surface area contributed by atoms with Gasteiger partial charge in [-0.1, -0.05) is 0 Å². The summed E-state index contributed by atoms with van der Waals surface area (Å²) in [5.74, 6) is -0.378. The predicted octanol–water partition coefficient (Wildman–Crippen LogP) is 2.86. The lowest BCUT2D eigenvalue weighted by Crippen LogP contribution is -2.03. The van der Waals surface area contributed by atoms with Crippen molar-refractivity contribution in [1.29, 1.82) is 0 Å². The Morgan fingerprint density at radius 1 is 1.27 bits per heavy atom. The highest BCUT2D eigenvalue weighted by molar-refractivity contribution is 9.10. The van der Waals surface area contributed by atoms with Crippen LogP contribution < -0.4 is 5.73 Å². The Kier molecular flexibility index (Phi) is 3.58. The zero-order chi connectivity index (χ0) is 15.9. The number of aryl methyl sites for hydroxylation is 1. The van der Waals surface area contributed by atoms with E-state index in [1.807, 2.05) is 13.0 Å². The van der Waals surface area contributed by atoms with Gasteiger partial charge in [-0.2, -0.15) is 4.80 Å². The van der Waals surface area contributed by atoms with Crippen molar-refractivity contribution in [2.75, 3.05) is 12.8 Å². The van der Waals surface area contributed by atoms with Gasteiger partial charge in [0, 0.05) is 0 Å². The number of nitrogens with zero attached hydrogens (tertiary/aromatic N) is 3. The lowest BCUT2D eigenvalue weighted by atomic mass is 10.2. The monoisotopic (exact) mass is 360 g/mol. The molecule has 2 N–H and O–H groups in total. The van der Waals surface area contributed by atoms with Gasteiger partial charge in [-0.15, -0.1) is 10.2 Å². The number of aromatic nitrogens is 3. The number of esters is 1. The van der Waals surface area contributed by atoms with Crippen LogP contribution >= 0.6 is 15.9 Å². The van der Waals surface area contributed by atoms with E-state index in [0.29, 0.717) is 16.8 Å². The Morgan fingerprint density at radius 2 is 1.95 bits per heavy atom. The number of hydrogen-bond donors (Lipinski definition) is 1. The van der Waals surface area contributed by atoms with Gasteiger partial charge in [0.2, 0.25) is 0 Å². The number of rotatable bonds is 2. The number of hydrogen-bond acceptors (Lipinski definition) is 5. The third kappa shape index (κ3) is 2.33. The van der Waals surface area contributed by atoms with Gasteiger partial charge in [-0.05, 0) is 58.7 Å². The number of halogens is 1. The van der Waals surface area contributed by atoms with Crippen LogP contribution in [0.3, 0.4) is 0 Å². The van der Waals surface area contributed by atoms with E-state index in [0.717, 1.165) is 21.2 Å². The van der Waals surface area contributed by atoms with Crippen molar-refractivity contribution < 1.29 is 9.53 Å². The summed E-state index contributed by atoms with van der Waals surface area (Å²) in [5, 5.41) is 8.89. The molecular formula is C15H13BrN4O2. The van der Waals surface area contributed by atoms with Crippen LogP contribution in [0.1, 0.15) is 15.9 Å². The first kappa shape index (κ1) is 14.5. The number of benzene rings is 2. The SMILES string of the molecule is COC(=O)c1ccc(-n2nc3cc(C)c(N)c(Br)c3n2)cc1. The third-order valence-corrected chi connectivity index (χ3v) is 4.18. The van der Waals surface area contributed by atoms with Gasteiger partial charge < -0.3 is 10.5 Å². The number of ether oxygens (including phenoxy) is 1. The maximum atomic E-state index is 11.4. The van der Waals surface area contributed by atoms with Gasteiger partial charge in [0.1, 0.15) is 11.0 Å². The van der Waals surface area contributed by atoms with Crippen LogP contribution in [0, 0.1) is 6.92 Å². The summed E-state index contributed by atoms with van der Waals surface area (Å²) < 4.78 is 5.41. The Hall–Kier alpha value is -2.41. The molecular weight excluding hydrogens is 348 g/mol. The summed E-state index contributed by atoms with van der Waals surface area (Å²) in [6.07, 6.45) is 0. The summed E-state index contributed by atoms with van der Waals surface area (Å²) in [7, 11) is 1.35. The third-order valence-electron chi connectivity index (χ3n) is 3.38. The topological polar surface area (TPSA) is 83.0 Å². The molecule has 0 aliphatic carbocycles. The van der Waals surface area contributed by atoms with Crippen LogP contribution in [-0.4, -0.2) is 28.1 Å². The van der Waals surface area contributed by atoms with Crippen molar-refractivity contribution in [3.63, 3.8) is 0 Å². The Balaban J connectivity index is 2.07. The fourth-order valence-electron chi connectivity index (χ4n) is 2.12. The van der Waals surface area contributed by atoms with Gasteiger partial charge in [0.25, 0.3) is 0 Å². The van der Waals surface area contributed by atoms with E-state index in [1.54, 1.807) is 24.3 Å². The van der Waals surface area contributed by atoms with Crippen LogP contribution in [-0.2, 0) is 4.74 Å². The molecule has 0 atom stereocenters. The Labute approximate surface area is 135 Å². The molecule has 0 unspecified atom stereocenters. The molecule has 1 heterocycles. The molecule has 0 radical (unpaired) electrons. The van der Waals surface area contributed by atoms with Gasteiger partial charge in [0.15, 0.2) is 0 Å². The van der Waals surface area contributed by atoms with E-state index in [-0.39, 0.29) is 5.97 Å². The molecule has 7 heteroatoms. The second-order valence-electron chi connectivity index (χ2n) is 4.82. The van der Waals surface area contributed by atoms with Crippen LogP contribution in [0.15, 0.2) is 34.8 Å². The molecule has 0 spiro atoms. The molecule has 0 fully saturated rings. The Morgan fingerprint density at radius 3 is 2.59 bits per heavy atom. The lowest BCUT2D eigenvalue weighted by molar-refractivity contribution is 0.0600. The minimum absolute atomic E-state index is 0.378. The zero-order valence-electron chi connectivity index (χ0n) is 12.0. The highest BCUT2D eigenvalue weighted by Gasteiger charge is 2.13. The second-order valence-corrected chi connectivity index (χ2v) is 5.61. The van der Waals surface area contributed by atoms with Gasteiger partial charge in [-0.25, -0.2) is 4.79 Å². The first-order valence-corrected chi connectivity index (χ1v) is 7.31. The maximum absolute atomic E-state index is 11.4. The van der Waals surface area contributed by atoms with Crippen molar-refractivity contribution in [2.45, 2.75) is 6.92 Å². The molecule has 6 nitrogen and oxygen atoms in total. The molecule has 0 amide bonds. The number of anilines is 1. The van der Waals surface area contributed by atoms with Crippen molar-refractivity contribution >= 4 is 38.6 Å². The van der Waals surface area contributed by atoms with Crippen LogP contribution in [0.25, 0.3) is 16.7 Å². The van der Waals surface area contributed by atoms with E-state index < -0.39 is 0 Å². The summed E-state index contributed by atoms with van der Waals surface area (Å²) in [4.78, 5) is 13.0. The van der Waals surface area contributed by atoms with Crippen molar-refractivity contribution in [1.82, 2.24) is 15.0 Å². The standard InChI is InChI=1S/C15H13BrN4O2/c1-8-7-11-14(12(16)13(8)17)19-20(18-11)10-5-3-9(4-6-10)15(21)22-2/h3-7H,17H2,1-2H3. The van der Waals surface area contributed by atoms with Crippen LogP contribution in [0.2, 0.25) is 0 Å². The largest absolute Gasteiger partial charge is 0.465 e. The lowest BCUT2D eigenvalue weighted by Gasteiger charge is -2.01.